The van der Waals surface area contributed by atoms with Crippen LogP contribution in [0, 0.1) is 17.5 Å². The summed E-state index contributed by atoms with van der Waals surface area (Å²) in [6.45, 7) is 0. The number of nitrogens with zero attached hydrogens (tertiary/aromatic N) is 1. The number of carbonyl (C=O) groups excluding carboxylic acids is 1. The lowest BCUT2D eigenvalue weighted by Crippen LogP contribution is -2.38. The van der Waals surface area contributed by atoms with Crippen molar-refractivity contribution in [3.05, 3.63) is 47.3 Å². The highest BCUT2D eigenvalue weighted by Gasteiger charge is 2.38. The molecule has 2 aliphatic rings. The van der Waals surface area contributed by atoms with Gasteiger partial charge >= 0.3 is 0 Å². The molecule has 0 radical (unpaired) electrons. The average Bonchev–Trinajstić information content (AvgIpc) is 2.80. The van der Waals surface area contributed by atoms with Crippen LogP contribution < -0.4 is 0 Å². The van der Waals surface area contributed by atoms with Gasteiger partial charge in [-0.15, -0.1) is 0 Å². The van der Waals surface area contributed by atoms with Crippen molar-refractivity contribution in [3.8, 4) is 0 Å². The Balaban J connectivity index is 1.99. The third-order valence-corrected chi connectivity index (χ3v) is 3.76. The first-order valence-corrected chi connectivity index (χ1v) is 6.20. The summed E-state index contributed by atoms with van der Waals surface area (Å²) < 4.78 is 39.5. The van der Waals surface area contributed by atoms with Gasteiger partial charge in [0.15, 0.2) is 17.5 Å². The van der Waals surface area contributed by atoms with E-state index in [1.54, 1.807) is 4.90 Å². The molecule has 0 spiro atoms. The summed E-state index contributed by atoms with van der Waals surface area (Å²) in [4.78, 5) is 13.6. The Morgan fingerprint density at radius 3 is 2.47 bits per heavy atom. The Labute approximate surface area is 108 Å². The van der Waals surface area contributed by atoms with Crippen molar-refractivity contribution in [3.63, 3.8) is 0 Å². The van der Waals surface area contributed by atoms with Crippen molar-refractivity contribution < 1.29 is 18.0 Å². The molecule has 0 aromatic heterocycles. The standard InChI is InChI=1S/C14H12F3NO/c15-10-6-8(7-11(16)14(10)17)12-5-4-9-2-1-3-13(19)18(9)12/h1-2,6-7,9,12H,3-5H2/t9-,12-/m0/s1. The lowest BCUT2D eigenvalue weighted by molar-refractivity contribution is -0.133. The first-order chi connectivity index (χ1) is 9.08. The molecule has 1 amide bonds. The van der Waals surface area contributed by atoms with Crippen LogP contribution in [0.4, 0.5) is 13.2 Å². The minimum Gasteiger partial charge on any atom is -0.329 e. The van der Waals surface area contributed by atoms with Crippen molar-refractivity contribution in [2.24, 2.45) is 0 Å². The van der Waals surface area contributed by atoms with E-state index < -0.39 is 17.5 Å². The summed E-state index contributed by atoms with van der Waals surface area (Å²) in [5.74, 6) is -3.94. The zero-order valence-corrected chi connectivity index (χ0v) is 10.1. The number of hydrogen-bond donors (Lipinski definition) is 0. The number of halogens is 3. The van der Waals surface area contributed by atoms with Crippen LogP contribution in [0.25, 0.3) is 0 Å². The van der Waals surface area contributed by atoms with E-state index in [-0.39, 0.29) is 18.0 Å². The van der Waals surface area contributed by atoms with Crippen LogP contribution >= 0.6 is 0 Å². The van der Waals surface area contributed by atoms with Crippen LogP contribution in [0.15, 0.2) is 24.3 Å². The van der Waals surface area contributed by atoms with E-state index >= 15 is 0 Å². The van der Waals surface area contributed by atoms with Crippen LogP contribution in [0.3, 0.4) is 0 Å². The fourth-order valence-corrected chi connectivity index (χ4v) is 2.91. The average molecular weight is 267 g/mol. The number of benzene rings is 1. The molecule has 3 rings (SSSR count). The molecule has 2 heterocycles. The second-order valence-corrected chi connectivity index (χ2v) is 4.89. The van der Waals surface area contributed by atoms with Gasteiger partial charge in [-0.25, -0.2) is 13.2 Å². The van der Waals surface area contributed by atoms with Crippen LogP contribution in [0.2, 0.25) is 0 Å². The Kier molecular flexibility index (Phi) is 2.84. The highest BCUT2D eigenvalue weighted by Crippen LogP contribution is 2.39. The molecule has 0 aliphatic carbocycles. The van der Waals surface area contributed by atoms with Gasteiger partial charge in [0.1, 0.15) is 0 Å². The van der Waals surface area contributed by atoms with Gasteiger partial charge in [-0.1, -0.05) is 12.2 Å². The van der Waals surface area contributed by atoms with Gasteiger partial charge in [-0.2, -0.15) is 0 Å². The van der Waals surface area contributed by atoms with E-state index in [4.69, 9.17) is 0 Å². The van der Waals surface area contributed by atoms with Gasteiger partial charge < -0.3 is 4.90 Å². The van der Waals surface area contributed by atoms with Gasteiger partial charge in [0.2, 0.25) is 5.91 Å². The Hall–Kier alpha value is -1.78. The lowest BCUT2D eigenvalue weighted by atomic mass is 10.0. The molecule has 19 heavy (non-hydrogen) atoms. The number of carbonyl (C=O) groups is 1. The fourth-order valence-electron chi connectivity index (χ4n) is 2.91. The molecule has 1 aromatic rings. The maximum absolute atomic E-state index is 13.3. The van der Waals surface area contributed by atoms with E-state index in [9.17, 15) is 18.0 Å². The molecule has 2 nitrogen and oxygen atoms in total. The molecular formula is C14H12F3NO. The lowest BCUT2D eigenvalue weighted by Gasteiger charge is -2.31. The third-order valence-electron chi connectivity index (χ3n) is 3.76. The predicted molar refractivity (Wildman–Crippen MR) is 62.7 cm³/mol. The molecule has 0 saturated carbocycles. The molecule has 1 aromatic carbocycles. The zero-order chi connectivity index (χ0) is 13.6. The van der Waals surface area contributed by atoms with Gasteiger partial charge in [-0.3, -0.25) is 4.79 Å². The first-order valence-electron chi connectivity index (χ1n) is 6.20. The Morgan fingerprint density at radius 1 is 1.11 bits per heavy atom. The van der Waals surface area contributed by atoms with Crippen molar-refractivity contribution in [1.29, 1.82) is 0 Å². The van der Waals surface area contributed by atoms with Crippen LogP contribution in [0.5, 0.6) is 0 Å². The van der Waals surface area contributed by atoms with Crippen molar-refractivity contribution in [2.75, 3.05) is 0 Å². The van der Waals surface area contributed by atoms with Crippen LogP contribution in [-0.4, -0.2) is 16.8 Å². The summed E-state index contributed by atoms with van der Waals surface area (Å²) in [5.41, 5.74) is 0.322. The maximum atomic E-state index is 13.3. The molecule has 100 valence electrons. The molecule has 2 atom stereocenters. The summed E-state index contributed by atoms with van der Waals surface area (Å²) in [6.07, 6.45) is 5.45. The van der Waals surface area contributed by atoms with Crippen molar-refractivity contribution in [1.82, 2.24) is 4.90 Å². The number of rotatable bonds is 1. The molecule has 1 fully saturated rings. The number of hydrogen-bond acceptors (Lipinski definition) is 1. The van der Waals surface area contributed by atoms with Gasteiger partial charge in [0.05, 0.1) is 12.1 Å². The number of amides is 1. The fraction of sp³-hybridized carbons (Fsp3) is 0.357. The van der Waals surface area contributed by atoms with Gasteiger partial charge in [0, 0.05) is 6.42 Å². The highest BCUT2D eigenvalue weighted by atomic mass is 19.2. The predicted octanol–water partition coefficient (Wildman–Crippen LogP) is 3.10. The van der Waals surface area contributed by atoms with E-state index in [1.807, 2.05) is 12.2 Å². The highest BCUT2D eigenvalue weighted by molar-refractivity contribution is 5.80. The monoisotopic (exact) mass is 267 g/mol. The van der Waals surface area contributed by atoms with Gasteiger partial charge in [-0.05, 0) is 30.5 Å². The van der Waals surface area contributed by atoms with Crippen molar-refractivity contribution in [2.45, 2.75) is 31.3 Å². The second kappa shape index (κ2) is 4.40. The van der Waals surface area contributed by atoms with Crippen LogP contribution in [0.1, 0.15) is 30.9 Å². The molecule has 1 saturated heterocycles. The molecule has 2 aliphatic heterocycles. The SMILES string of the molecule is O=C1CC=C[C@H]2CC[C@@H](c3cc(F)c(F)c(F)c3)N12. The summed E-state index contributed by atoms with van der Waals surface area (Å²) >= 11 is 0. The summed E-state index contributed by atoms with van der Waals surface area (Å²) in [6, 6.07) is 1.59. The summed E-state index contributed by atoms with van der Waals surface area (Å²) in [5, 5.41) is 0. The first kappa shape index (κ1) is 12.3. The topological polar surface area (TPSA) is 20.3 Å². The second-order valence-electron chi connectivity index (χ2n) is 4.89. The quantitative estimate of drug-likeness (QED) is 0.565. The van der Waals surface area contributed by atoms with E-state index in [2.05, 4.69) is 0 Å². The zero-order valence-electron chi connectivity index (χ0n) is 10.1. The molecule has 0 N–H and O–H groups in total. The minimum atomic E-state index is -1.47. The maximum Gasteiger partial charge on any atom is 0.227 e. The van der Waals surface area contributed by atoms with E-state index in [0.717, 1.165) is 18.6 Å². The molecular weight excluding hydrogens is 255 g/mol. The Morgan fingerprint density at radius 2 is 1.79 bits per heavy atom. The van der Waals surface area contributed by atoms with Gasteiger partial charge in [0.25, 0.3) is 0 Å². The largest absolute Gasteiger partial charge is 0.329 e. The third kappa shape index (κ3) is 1.93. The van der Waals surface area contributed by atoms with Crippen molar-refractivity contribution >= 4 is 5.91 Å². The Bertz CT molecular complexity index is 547. The minimum absolute atomic E-state index is 0.0116. The normalized spacial score (nSPS) is 25.8. The summed E-state index contributed by atoms with van der Waals surface area (Å²) in [7, 11) is 0. The number of fused-ring (bicyclic) bond motifs is 1. The van der Waals surface area contributed by atoms with E-state index in [0.29, 0.717) is 18.4 Å². The van der Waals surface area contributed by atoms with Crippen LogP contribution in [-0.2, 0) is 4.79 Å². The smallest absolute Gasteiger partial charge is 0.227 e. The molecule has 0 unspecified atom stereocenters. The van der Waals surface area contributed by atoms with E-state index in [1.165, 1.54) is 0 Å². The molecule has 0 bridgehead atoms. The molecule has 5 heteroatoms.